The molecule has 0 aliphatic carbocycles. The van der Waals surface area contributed by atoms with E-state index in [0.29, 0.717) is 13.2 Å². The van der Waals surface area contributed by atoms with E-state index >= 15 is 0 Å². The molecular formula is C45H52Ar3ClNO3PRu-4. The zero-order valence-electron chi connectivity index (χ0n) is 32.5. The van der Waals surface area contributed by atoms with Gasteiger partial charge in [0, 0.05) is 120 Å². The Morgan fingerprint density at radius 2 is 1.29 bits per heavy atom. The predicted octanol–water partition coefficient (Wildman–Crippen LogP) is 11.7. The third-order valence-electron chi connectivity index (χ3n) is 8.89. The molecule has 4 nitrogen and oxygen atoms in total. The van der Waals surface area contributed by atoms with Gasteiger partial charge < -0.3 is 26.9 Å². The van der Waals surface area contributed by atoms with E-state index in [-0.39, 0.29) is 125 Å². The van der Waals surface area contributed by atoms with Crippen LogP contribution in [0.5, 0.6) is 17.2 Å². The second-order valence-corrected chi connectivity index (χ2v) is 14.0. The molecule has 6 rings (SSSR count). The normalized spacial score (nSPS) is 12.7. The SMILES string of the molecule is Cc1cc(C)cc(C)c1.[Ar].[Ar].[Ar].[CH2-][C@@H](C(C)C)C([NH-])(c1[c-]cc(C)cc1)c1ccc(OC)cc1.[CH2-]c1cccc2c1-c1c(P)cccc1OCCCO2.[Cl][Ru]. The fourth-order valence-electron chi connectivity index (χ4n) is 6.21. The molecule has 0 spiro atoms. The maximum atomic E-state index is 9.20. The van der Waals surface area contributed by atoms with Crippen LogP contribution in [0.25, 0.3) is 16.9 Å². The van der Waals surface area contributed by atoms with Gasteiger partial charge >= 0.3 is 27.0 Å². The van der Waals surface area contributed by atoms with E-state index in [1.807, 2.05) is 97.0 Å². The number of fused-ring (bicyclic) bond motifs is 3. The topological polar surface area (TPSA) is 51.5 Å². The Bertz CT molecular complexity index is 1760. The van der Waals surface area contributed by atoms with Crippen molar-refractivity contribution in [2.24, 2.45) is 11.8 Å². The fourth-order valence-corrected chi connectivity index (χ4v) is 6.61. The van der Waals surface area contributed by atoms with Gasteiger partial charge in [0.05, 0.1) is 26.1 Å². The predicted molar refractivity (Wildman–Crippen MR) is 220 cm³/mol. The molecule has 0 fully saturated rings. The Morgan fingerprint density at radius 1 is 0.782 bits per heavy atom. The molecule has 1 heterocycles. The number of hydrogen-bond donors (Lipinski definition) is 0. The van der Waals surface area contributed by atoms with Gasteiger partial charge in [0.2, 0.25) is 0 Å². The monoisotopic (exact) mass is 942 g/mol. The van der Waals surface area contributed by atoms with Crippen LogP contribution in [0.3, 0.4) is 0 Å². The summed E-state index contributed by atoms with van der Waals surface area (Å²) in [5, 5.41) is 1.10. The van der Waals surface area contributed by atoms with Crippen molar-refractivity contribution in [1.82, 2.24) is 0 Å². The molecule has 0 saturated carbocycles. The molecule has 0 aromatic heterocycles. The minimum absolute atomic E-state index is 0. The van der Waals surface area contributed by atoms with Gasteiger partial charge in [0.1, 0.15) is 11.5 Å². The van der Waals surface area contributed by atoms with Gasteiger partial charge in [0.15, 0.2) is 0 Å². The first-order chi connectivity index (χ1) is 24.8. The first kappa shape index (κ1) is 55.5. The van der Waals surface area contributed by atoms with E-state index in [0.717, 1.165) is 62.4 Å². The Hall–Kier alpha value is 0.453. The van der Waals surface area contributed by atoms with Gasteiger partial charge in [-0.3, -0.25) is 0 Å². The van der Waals surface area contributed by atoms with Gasteiger partial charge in [-0.25, -0.2) is 0 Å². The summed E-state index contributed by atoms with van der Waals surface area (Å²) in [6.45, 7) is 22.4. The molecule has 0 radical (unpaired) electrons. The van der Waals surface area contributed by atoms with Gasteiger partial charge in [-0.2, -0.15) is 59.9 Å². The molecule has 10 heteroatoms. The zero-order chi connectivity index (χ0) is 38.4. The van der Waals surface area contributed by atoms with Crippen molar-refractivity contribution in [3.8, 4) is 28.4 Å². The molecule has 1 aliphatic heterocycles. The summed E-state index contributed by atoms with van der Waals surface area (Å²) >= 11 is 1.82. The van der Waals surface area contributed by atoms with Gasteiger partial charge in [-0.05, 0) is 55.9 Å². The van der Waals surface area contributed by atoms with Crippen molar-refractivity contribution < 1.29 is 145 Å². The summed E-state index contributed by atoms with van der Waals surface area (Å²) in [6.07, 6.45) is 0.876. The van der Waals surface area contributed by atoms with Crippen LogP contribution in [-0.2, 0) is 22.9 Å². The Labute approximate surface area is 438 Å². The summed E-state index contributed by atoms with van der Waals surface area (Å²) in [6, 6.07) is 35.6. The second kappa shape index (κ2) is 28.1. The third-order valence-corrected chi connectivity index (χ3v) is 9.37. The summed E-state index contributed by atoms with van der Waals surface area (Å²) in [5.74, 6) is 2.78. The zero-order valence-corrected chi connectivity index (χ0v) is 38.3. The van der Waals surface area contributed by atoms with E-state index in [1.54, 1.807) is 7.11 Å². The Kier molecular flexibility index (Phi) is 28.3. The minimum atomic E-state index is -0.922. The number of aryl methyl sites for hydroxylation is 4. The van der Waals surface area contributed by atoms with Crippen LogP contribution in [0, 0.1) is 173 Å². The molecule has 1 N–H and O–H groups in total. The third kappa shape index (κ3) is 16.1. The molecule has 0 amide bonds. The number of benzene rings is 5. The number of nitrogens with one attached hydrogen (secondary N) is 1. The van der Waals surface area contributed by atoms with Crippen LogP contribution in [0.15, 0.2) is 97.1 Å². The molecule has 55 heavy (non-hydrogen) atoms. The molecule has 2 unspecified atom stereocenters. The summed E-state index contributed by atoms with van der Waals surface area (Å²) in [4.78, 5) is 0. The fraction of sp³-hybridized carbons (Fsp3) is 0.289. The van der Waals surface area contributed by atoms with Crippen LogP contribution >= 0.6 is 18.9 Å². The molecule has 0 bridgehead atoms. The number of rotatable bonds is 5. The van der Waals surface area contributed by atoms with Crippen LogP contribution in [0.1, 0.15) is 59.2 Å². The molecule has 3 atom stereocenters. The standard InChI is InChI=1S/C20H24NO.C16H16O2P.C9H12.3Ar.ClH.Ru/c1-14(2)16(4)20(21,17-8-6-15(3)7-9-17)18-10-12-19(22-5)13-11-18;1-11-5-2-6-12-15(11)16-13(7-3-8-14(16)19)18-10-4-9-17-12;1-7-4-8(2)6-9(3)5-7;;;;;/h6-8,10-14,16,21H,4H2,1-3,5H3;2-3,5-8H,1,4,9-10,19H2;4-6H,1-3H3;;;;1H;/q-3;-1;;;;;;+1/p-1/t16-,20?;;;;;;;/m0......./s1. The Morgan fingerprint density at radius 3 is 1.76 bits per heavy atom. The number of hydrogen-bond acceptors (Lipinski definition) is 3. The molecule has 0 saturated heterocycles. The van der Waals surface area contributed by atoms with E-state index < -0.39 is 5.54 Å². The van der Waals surface area contributed by atoms with Crippen molar-refractivity contribution in [1.29, 1.82) is 0 Å². The van der Waals surface area contributed by atoms with E-state index in [2.05, 4.69) is 97.7 Å². The first-order valence-corrected chi connectivity index (χ1v) is 20.2. The number of methoxy groups -OCH3 is 1. The van der Waals surface area contributed by atoms with Crippen molar-refractivity contribution >= 4 is 24.2 Å². The molecule has 5 aromatic carbocycles. The van der Waals surface area contributed by atoms with E-state index in [4.69, 9.17) is 14.2 Å². The maximum absolute atomic E-state index is 9.20. The quantitative estimate of drug-likeness (QED) is 0.100. The van der Waals surface area contributed by atoms with Crippen LogP contribution in [-0.4, -0.2) is 20.3 Å². The average molecular weight is 942 g/mol. The summed E-state index contributed by atoms with van der Waals surface area (Å²) in [7, 11) is 8.98. The summed E-state index contributed by atoms with van der Waals surface area (Å²) in [5.41, 5.74) is 18.3. The summed E-state index contributed by atoms with van der Waals surface area (Å²) < 4.78 is 17.0. The Balaban J connectivity index is 0.000000807. The number of ether oxygens (including phenoxy) is 3. The molecular weight excluding hydrogens is 890 g/mol. The van der Waals surface area contributed by atoms with Gasteiger partial charge in [0.25, 0.3) is 0 Å². The van der Waals surface area contributed by atoms with Crippen molar-refractivity contribution in [3.05, 3.63) is 162 Å². The first-order valence-electron chi connectivity index (χ1n) is 17.3. The van der Waals surface area contributed by atoms with E-state index in [1.165, 1.54) is 16.7 Å². The second-order valence-electron chi connectivity index (χ2n) is 13.4. The molecule has 303 valence electrons. The molecule has 5 aromatic rings. The van der Waals surface area contributed by atoms with Gasteiger partial charge in [-0.1, -0.05) is 97.0 Å². The number of halogens is 1. The van der Waals surface area contributed by atoms with Gasteiger partial charge in [-0.15, -0.1) is 20.8 Å². The van der Waals surface area contributed by atoms with Crippen LogP contribution in [0.4, 0.5) is 0 Å². The molecule has 1 aliphatic rings. The van der Waals surface area contributed by atoms with Crippen molar-refractivity contribution in [2.45, 2.75) is 53.5 Å². The van der Waals surface area contributed by atoms with Crippen molar-refractivity contribution in [2.75, 3.05) is 20.3 Å². The van der Waals surface area contributed by atoms with Crippen molar-refractivity contribution in [3.63, 3.8) is 0 Å². The van der Waals surface area contributed by atoms with Crippen LogP contribution < -0.4 is 19.5 Å². The van der Waals surface area contributed by atoms with Crippen LogP contribution in [0.2, 0.25) is 0 Å². The van der Waals surface area contributed by atoms with E-state index in [9.17, 15) is 5.73 Å². The average Bonchev–Trinajstić information content (AvgIpc) is 3.22.